The monoisotopic (exact) mass is 252 g/mol. The van der Waals surface area contributed by atoms with E-state index in [2.05, 4.69) is 0 Å². The van der Waals surface area contributed by atoms with Crippen LogP contribution in [0.5, 0.6) is 0 Å². The van der Waals surface area contributed by atoms with Gasteiger partial charge in [0.2, 0.25) is 0 Å². The summed E-state index contributed by atoms with van der Waals surface area (Å²) in [5.41, 5.74) is -1.53. The molecule has 5 heteroatoms. The Bertz CT molecular complexity index is 407. The second-order valence-corrected chi connectivity index (χ2v) is 3.54. The molecule has 0 spiro atoms. The van der Waals surface area contributed by atoms with Crippen molar-refractivity contribution < 1.29 is 17.6 Å². The van der Waals surface area contributed by atoms with Crippen molar-refractivity contribution in [2.75, 3.05) is 0 Å². The van der Waals surface area contributed by atoms with E-state index in [1.54, 1.807) is 6.92 Å². The summed E-state index contributed by atoms with van der Waals surface area (Å²) in [6, 6.07) is 1.68. The summed E-state index contributed by atoms with van der Waals surface area (Å²) in [4.78, 5) is 0. The van der Waals surface area contributed by atoms with Crippen molar-refractivity contribution in [3.63, 3.8) is 0 Å². The van der Waals surface area contributed by atoms with Gasteiger partial charge >= 0.3 is 6.18 Å². The van der Waals surface area contributed by atoms with Crippen LogP contribution >= 0.6 is 11.6 Å². The van der Waals surface area contributed by atoms with Crippen molar-refractivity contribution in [3.8, 4) is 0 Å². The number of alkyl halides is 3. The molecular weight excluding hydrogens is 244 g/mol. The van der Waals surface area contributed by atoms with Crippen LogP contribution in [-0.4, -0.2) is 0 Å². The Morgan fingerprint density at radius 2 is 1.94 bits per heavy atom. The largest absolute Gasteiger partial charge is 0.417 e. The van der Waals surface area contributed by atoms with Gasteiger partial charge in [0.05, 0.1) is 10.6 Å². The smallest absolute Gasteiger partial charge is 0.205 e. The molecule has 0 saturated carbocycles. The molecule has 0 N–H and O–H groups in total. The Balaban J connectivity index is 3.39. The quantitative estimate of drug-likeness (QED) is 0.655. The van der Waals surface area contributed by atoms with Gasteiger partial charge in [-0.15, -0.1) is 0 Å². The van der Waals surface area contributed by atoms with Crippen LogP contribution in [0.4, 0.5) is 17.6 Å². The highest BCUT2D eigenvalue weighted by atomic mass is 35.5. The predicted octanol–water partition coefficient (Wildman–Crippen LogP) is 4.92. The highest BCUT2D eigenvalue weighted by Crippen LogP contribution is 2.35. The normalized spacial score (nSPS) is 12.4. The molecule has 0 atom stereocenters. The molecule has 1 aromatic rings. The molecule has 0 amide bonds. The van der Waals surface area contributed by atoms with Crippen molar-refractivity contribution >= 4 is 17.7 Å². The molecule has 88 valence electrons. The highest BCUT2D eigenvalue weighted by molar-refractivity contribution is 6.30. The molecule has 0 heterocycles. The summed E-state index contributed by atoms with van der Waals surface area (Å²) in [5, 5.41) is -0.316. The van der Waals surface area contributed by atoms with Crippen LogP contribution in [0.2, 0.25) is 5.02 Å². The second-order valence-electron chi connectivity index (χ2n) is 3.13. The zero-order valence-electron chi connectivity index (χ0n) is 8.41. The van der Waals surface area contributed by atoms with Gasteiger partial charge in [-0.3, -0.25) is 0 Å². The fourth-order valence-electron chi connectivity index (χ4n) is 1.21. The summed E-state index contributed by atoms with van der Waals surface area (Å²) in [6.07, 6.45) is -1.52. The van der Waals surface area contributed by atoms with Crippen molar-refractivity contribution in [3.05, 3.63) is 40.2 Å². The summed E-state index contributed by atoms with van der Waals surface area (Å²) in [5.74, 6) is -1.04. The molecule has 1 rings (SSSR count). The Labute approximate surface area is 95.5 Å². The molecule has 0 aromatic heterocycles. The first-order valence-electron chi connectivity index (χ1n) is 4.59. The average molecular weight is 253 g/mol. The van der Waals surface area contributed by atoms with Crippen molar-refractivity contribution in [2.45, 2.75) is 19.5 Å². The van der Waals surface area contributed by atoms with E-state index in [0.717, 1.165) is 18.2 Å². The van der Waals surface area contributed by atoms with Crippen molar-refractivity contribution in [1.82, 2.24) is 0 Å². The fourth-order valence-corrected chi connectivity index (χ4v) is 1.38. The van der Waals surface area contributed by atoms with Crippen LogP contribution in [0.3, 0.4) is 0 Å². The van der Waals surface area contributed by atoms with Gasteiger partial charge in [0.15, 0.2) is 0 Å². The van der Waals surface area contributed by atoms with Gasteiger partial charge in [-0.05, 0) is 18.6 Å². The molecule has 0 unspecified atom stereocenters. The molecule has 0 fully saturated rings. The van der Waals surface area contributed by atoms with E-state index >= 15 is 0 Å². The molecule has 0 aliphatic rings. The van der Waals surface area contributed by atoms with E-state index in [0.29, 0.717) is 6.42 Å². The van der Waals surface area contributed by atoms with Crippen LogP contribution in [0, 0.1) is 5.82 Å². The van der Waals surface area contributed by atoms with Crippen molar-refractivity contribution in [1.29, 1.82) is 0 Å². The molecule has 0 saturated heterocycles. The van der Waals surface area contributed by atoms with Crippen LogP contribution < -0.4 is 0 Å². The van der Waals surface area contributed by atoms with E-state index in [4.69, 9.17) is 11.6 Å². The number of rotatable bonds is 2. The lowest BCUT2D eigenvalue weighted by Crippen LogP contribution is -2.08. The first-order valence-corrected chi connectivity index (χ1v) is 4.97. The lowest BCUT2D eigenvalue weighted by molar-refractivity contribution is -0.137. The molecule has 0 aliphatic carbocycles. The van der Waals surface area contributed by atoms with Crippen LogP contribution in [-0.2, 0) is 6.18 Å². The van der Waals surface area contributed by atoms with Crippen molar-refractivity contribution in [2.24, 2.45) is 0 Å². The highest BCUT2D eigenvalue weighted by Gasteiger charge is 2.34. The SMILES string of the molecule is CCC=Cc1c(C(F)(F)F)ccc(Cl)c1F. The van der Waals surface area contributed by atoms with Gasteiger partial charge in [0.1, 0.15) is 5.82 Å². The van der Waals surface area contributed by atoms with Gasteiger partial charge in [0.25, 0.3) is 0 Å². The summed E-state index contributed by atoms with van der Waals surface area (Å²) in [6.45, 7) is 1.74. The van der Waals surface area contributed by atoms with E-state index in [1.807, 2.05) is 0 Å². The first kappa shape index (κ1) is 13.0. The molecule has 0 nitrogen and oxygen atoms in total. The molecule has 0 radical (unpaired) electrons. The van der Waals surface area contributed by atoms with E-state index < -0.39 is 23.1 Å². The lowest BCUT2D eigenvalue weighted by Gasteiger charge is -2.11. The van der Waals surface area contributed by atoms with Gasteiger partial charge in [-0.1, -0.05) is 30.7 Å². The van der Waals surface area contributed by atoms with E-state index in [-0.39, 0.29) is 5.02 Å². The number of halogens is 5. The minimum absolute atomic E-state index is 0.316. The van der Waals surface area contributed by atoms with Gasteiger partial charge in [0, 0.05) is 5.56 Å². The Morgan fingerprint density at radius 3 is 2.44 bits per heavy atom. The molecule has 0 bridgehead atoms. The second kappa shape index (κ2) is 4.87. The zero-order chi connectivity index (χ0) is 12.3. The summed E-state index contributed by atoms with van der Waals surface area (Å²) >= 11 is 5.44. The third-order valence-electron chi connectivity index (χ3n) is 1.96. The number of hydrogen-bond acceptors (Lipinski definition) is 0. The standard InChI is InChI=1S/C11H9ClF4/c1-2-3-4-7-8(11(14,15)16)5-6-9(12)10(7)13/h3-6H,2H2,1H3. The number of benzene rings is 1. The van der Waals surface area contributed by atoms with Gasteiger partial charge in [-0.25, -0.2) is 4.39 Å². The molecule has 16 heavy (non-hydrogen) atoms. The lowest BCUT2D eigenvalue weighted by atomic mass is 10.1. The average Bonchev–Trinajstić information content (AvgIpc) is 2.18. The van der Waals surface area contributed by atoms with Crippen LogP contribution in [0.15, 0.2) is 18.2 Å². The zero-order valence-corrected chi connectivity index (χ0v) is 9.16. The summed E-state index contributed by atoms with van der Waals surface area (Å²) in [7, 11) is 0. The maximum atomic E-state index is 13.4. The third kappa shape index (κ3) is 2.76. The van der Waals surface area contributed by atoms with Crippen LogP contribution in [0.1, 0.15) is 24.5 Å². The topological polar surface area (TPSA) is 0 Å². The maximum Gasteiger partial charge on any atom is 0.417 e. The number of hydrogen-bond donors (Lipinski definition) is 0. The summed E-state index contributed by atoms with van der Waals surface area (Å²) < 4.78 is 51.1. The molecule has 0 aliphatic heterocycles. The predicted molar refractivity (Wildman–Crippen MR) is 55.7 cm³/mol. The first-order chi connectivity index (χ1) is 7.38. The Hall–Kier alpha value is -1.03. The Kier molecular flexibility index (Phi) is 3.97. The van der Waals surface area contributed by atoms with Crippen LogP contribution in [0.25, 0.3) is 6.08 Å². The van der Waals surface area contributed by atoms with Gasteiger partial charge < -0.3 is 0 Å². The van der Waals surface area contributed by atoms with E-state index in [9.17, 15) is 17.6 Å². The third-order valence-corrected chi connectivity index (χ3v) is 2.25. The fraction of sp³-hybridized carbons (Fsp3) is 0.273. The van der Waals surface area contributed by atoms with E-state index in [1.165, 1.54) is 6.08 Å². The minimum atomic E-state index is -4.58. The Morgan fingerprint density at radius 1 is 1.31 bits per heavy atom. The molecular formula is C11H9ClF4. The number of allylic oxidation sites excluding steroid dienone is 1. The van der Waals surface area contributed by atoms with Gasteiger partial charge in [-0.2, -0.15) is 13.2 Å². The maximum absolute atomic E-state index is 13.4. The minimum Gasteiger partial charge on any atom is -0.205 e. The molecule has 1 aromatic carbocycles.